The maximum atomic E-state index is 5.60. The van der Waals surface area contributed by atoms with E-state index in [1.165, 1.54) is 0 Å². The summed E-state index contributed by atoms with van der Waals surface area (Å²) >= 11 is 0. The van der Waals surface area contributed by atoms with Gasteiger partial charge in [-0.1, -0.05) is 0 Å². The topological polar surface area (TPSA) is 78.8 Å². The predicted molar refractivity (Wildman–Crippen MR) is 59.9 cm³/mol. The van der Waals surface area contributed by atoms with Crippen LogP contribution in [0.3, 0.4) is 0 Å². The lowest BCUT2D eigenvalue weighted by Crippen LogP contribution is -2.03. The van der Waals surface area contributed by atoms with Crippen LogP contribution in [0.2, 0.25) is 0 Å². The van der Waals surface area contributed by atoms with Crippen molar-refractivity contribution in [3.8, 4) is 17.3 Å². The van der Waals surface area contributed by atoms with Crippen molar-refractivity contribution >= 4 is 5.95 Å². The molecule has 0 aliphatic heterocycles. The molecule has 0 atom stereocenters. The van der Waals surface area contributed by atoms with Crippen LogP contribution in [0.15, 0.2) is 18.3 Å². The smallest absolute Gasteiger partial charge is 0.223 e. The van der Waals surface area contributed by atoms with Gasteiger partial charge >= 0.3 is 0 Å². The van der Waals surface area contributed by atoms with Gasteiger partial charge < -0.3 is 10.5 Å². The molecule has 0 aromatic carbocycles. The monoisotopic (exact) mass is 219 g/mol. The zero-order chi connectivity index (χ0) is 11.5. The fraction of sp³-hybridized carbons (Fsp3) is 0.300. The van der Waals surface area contributed by atoms with E-state index in [0.717, 1.165) is 12.2 Å². The first-order valence-corrected chi connectivity index (χ1v) is 4.95. The van der Waals surface area contributed by atoms with Gasteiger partial charge in [-0.15, -0.1) is 0 Å². The summed E-state index contributed by atoms with van der Waals surface area (Å²) in [6, 6.07) is 3.62. The predicted octanol–water partition coefficient (Wildman–Crippen LogP) is 0.951. The molecule has 0 saturated heterocycles. The molecule has 6 nitrogen and oxygen atoms in total. The SMILES string of the molecule is CCn1nccc1-c1cc(OC)nc(N)n1. The fourth-order valence-electron chi connectivity index (χ4n) is 1.48. The molecule has 0 aliphatic carbocycles. The molecule has 84 valence electrons. The Morgan fingerprint density at radius 1 is 1.44 bits per heavy atom. The van der Waals surface area contributed by atoms with Gasteiger partial charge in [-0.25, -0.2) is 4.98 Å². The van der Waals surface area contributed by atoms with Gasteiger partial charge in [-0.3, -0.25) is 4.68 Å². The van der Waals surface area contributed by atoms with Crippen LogP contribution in [0.5, 0.6) is 5.88 Å². The summed E-state index contributed by atoms with van der Waals surface area (Å²) in [6.07, 6.45) is 1.73. The van der Waals surface area contributed by atoms with Crippen molar-refractivity contribution in [1.82, 2.24) is 19.7 Å². The van der Waals surface area contributed by atoms with Crippen LogP contribution in [0.4, 0.5) is 5.95 Å². The second-order valence-corrected chi connectivity index (χ2v) is 3.19. The number of aromatic nitrogens is 4. The number of hydrogen-bond acceptors (Lipinski definition) is 5. The third-order valence-electron chi connectivity index (χ3n) is 2.21. The summed E-state index contributed by atoms with van der Waals surface area (Å²) in [5.41, 5.74) is 7.21. The Labute approximate surface area is 93.1 Å². The van der Waals surface area contributed by atoms with Crippen molar-refractivity contribution in [1.29, 1.82) is 0 Å². The van der Waals surface area contributed by atoms with Crippen molar-refractivity contribution in [3.63, 3.8) is 0 Å². The Balaban J connectivity index is 2.51. The van der Waals surface area contributed by atoms with Gasteiger partial charge in [0, 0.05) is 18.8 Å². The molecule has 0 bridgehead atoms. The number of nitrogens with zero attached hydrogens (tertiary/aromatic N) is 4. The van der Waals surface area contributed by atoms with Crippen molar-refractivity contribution in [2.75, 3.05) is 12.8 Å². The minimum absolute atomic E-state index is 0.193. The molecule has 0 radical (unpaired) electrons. The normalized spacial score (nSPS) is 10.4. The number of aryl methyl sites for hydroxylation is 1. The Morgan fingerprint density at radius 3 is 2.94 bits per heavy atom. The van der Waals surface area contributed by atoms with Crippen LogP contribution in [-0.4, -0.2) is 26.9 Å². The van der Waals surface area contributed by atoms with E-state index in [1.807, 2.05) is 17.7 Å². The van der Waals surface area contributed by atoms with E-state index in [2.05, 4.69) is 15.1 Å². The van der Waals surface area contributed by atoms with Crippen LogP contribution < -0.4 is 10.5 Å². The molecule has 2 N–H and O–H groups in total. The number of anilines is 1. The minimum atomic E-state index is 0.193. The first-order valence-electron chi connectivity index (χ1n) is 4.95. The van der Waals surface area contributed by atoms with Gasteiger partial charge in [0.2, 0.25) is 11.8 Å². The van der Waals surface area contributed by atoms with E-state index in [0.29, 0.717) is 11.6 Å². The lowest BCUT2D eigenvalue weighted by molar-refractivity contribution is 0.398. The second kappa shape index (κ2) is 4.18. The van der Waals surface area contributed by atoms with Gasteiger partial charge in [0.15, 0.2) is 0 Å². The van der Waals surface area contributed by atoms with Gasteiger partial charge in [0.1, 0.15) is 0 Å². The number of nitrogens with two attached hydrogens (primary N) is 1. The molecule has 16 heavy (non-hydrogen) atoms. The third kappa shape index (κ3) is 1.81. The molecule has 0 fully saturated rings. The van der Waals surface area contributed by atoms with E-state index in [-0.39, 0.29) is 5.95 Å². The maximum absolute atomic E-state index is 5.60. The van der Waals surface area contributed by atoms with Crippen molar-refractivity contribution in [2.24, 2.45) is 0 Å². The molecular formula is C10H13N5O. The maximum Gasteiger partial charge on any atom is 0.223 e. The summed E-state index contributed by atoms with van der Waals surface area (Å²) in [5, 5.41) is 4.17. The summed E-state index contributed by atoms with van der Waals surface area (Å²) in [5.74, 6) is 0.643. The summed E-state index contributed by atoms with van der Waals surface area (Å²) in [6.45, 7) is 2.78. The zero-order valence-electron chi connectivity index (χ0n) is 9.21. The summed E-state index contributed by atoms with van der Waals surface area (Å²) in [4.78, 5) is 8.09. The first kappa shape index (κ1) is 10.4. The largest absolute Gasteiger partial charge is 0.481 e. The highest BCUT2D eigenvalue weighted by atomic mass is 16.5. The van der Waals surface area contributed by atoms with Crippen molar-refractivity contribution in [2.45, 2.75) is 13.5 Å². The second-order valence-electron chi connectivity index (χ2n) is 3.19. The highest BCUT2D eigenvalue weighted by Gasteiger charge is 2.09. The van der Waals surface area contributed by atoms with Crippen LogP contribution in [0.25, 0.3) is 11.4 Å². The molecule has 0 aliphatic rings. The molecule has 0 amide bonds. The van der Waals surface area contributed by atoms with Crippen molar-refractivity contribution in [3.05, 3.63) is 18.3 Å². The van der Waals surface area contributed by atoms with Gasteiger partial charge in [0.25, 0.3) is 0 Å². The van der Waals surface area contributed by atoms with E-state index >= 15 is 0 Å². The van der Waals surface area contributed by atoms with E-state index in [9.17, 15) is 0 Å². The fourth-order valence-corrected chi connectivity index (χ4v) is 1.48. The van der Waals surface area contributed by atoms with E-state index < -0.39 is 0 Å². The summed E-state index contributed by atoms with van der Waals surface area (Å²) in [7, 11) is 1.54. The van der Waals surface area contributed by atoms with E-state index in [4.69, 9.17) is 10.5 Å². The van der Waals surface area contributed by atoms with Gasteiger partial charge in [-0.2, -0.15) is 10.1 Å². The molecule has 0 saturated carbocycles. The summed E-state index contributed by atoms with van der Waals surface area (Å²) < 4.78 is 6.88. The Morgan fingerprint density at radius 2 is 2.25 bits per heavy atom. The van der Waals surface area contributed by atoms with E-state index in [1.54, 1.807) is 19.4 Å². The minimum Gasteiger partial charge on any atom is -0.481 e. The first-order chi connectivity index (χ1) is 7.74. The molecule has 2 aromatic rings. The number of methoxy groups -OCH3 is 1. The lowest BCUT2D eigenvalue weighted by Gasteiger charge is -2.06. The number of nitrogen functional groups attached to an aromatic ring is 1. The zero-order valence-corrected chi connectivity index (χ0v) is 9.21. The van der Waals surface area contributed by atoms with Gasteiger partial charge in [-0.05, 0) is 13.0 Å². The van der Waals surface area contributed by atoms with Crippen LogP contribution in [0, 0.1) is 0 Å². The molecule has 0 spiro atoms. The quantitative estimate of drug-likeness (QED) is 0.831. The highest BCUT2D eigenvalue weighted by molar-refractivity contribution is 5.57. The Bertz CT molecular complexity index is 494. The number of ether oxygens (including phenoxy) is 1. The van der Waals surface area contributed by atoms with Crippen LogP contribution in [0.1, 0.15) is 6.92 Å². The molecule has 2 rings (SSSR count). The van der Waals surface area contributed by atoms with Gasteiger partial charge in [0.05, 0.1) is 18.5 Å². The Hall–Kier alpha value is -2.11. The molecule has 0 unspecified atom stereocenters. The van der Waals surface area contributed by atoms with Crippen LogP contribution in [-0.2, 0) is 6.54 Å². The number of rotatable bonds is 3. The molecule has 2 heterocycles. The Kier molecular flexibility index (Phi) is 2.72. The standard InChI is InChI=1S/C10H13N5O/c1-3-15-8(4-5-12-15)7-6-9(16-2)14-10(11)13-7/h4-6H,3H2,1-2H3,(H2,11,13,14). The molecule has 2 aromatic heterocycles. The third-order valence-corrected chi connectivity index (χ3v) is 2.21. The molecular weight excluding hydrogens is 206 g/mol. The average molecular weight is 219 g/mol. The average Bonchev–Trinajstić information content (AvgIpc) is 2.76. The highest BCUT2D eigenvalue weighted by Crippen LogP contribution is 2.21. The van der Waals surface area contributed by atoms with Crippen molar-refractivity contribution < 1.29 is 4.74 Å². The lowest BCUT2D eigenvalue weighted by atomic mass is 10.3. The number of hydrogen-bond donors (Lipinski definition) is 1. The molecule has 6 heteroatoms. The van der Waals surface area contributed by atoms with Crippen LogP contribution >= 0.6 is 0 Å².